The summed E-state index contributed by atoms with van der Waals surface area (Å²) in [5, 5.41) is 0. The minimum absolute atomic E-state index is 0.889. The van der Waals surface area contributed by atoms with Gasteiger partial charge in [0.2, 0.25) is 0 Å². The normalized spacial score (nSPS) is 15.2. The Kier molecular flexibility index (Phi) is 10.5. The largest absolute Gasteiger partial charge is 0.0623 e. The van der Waals surface area contributed by atoms with Gasteiger partial charge < -0.3 is 0 Å². The predicted octanol–water partition coefficient (Wildman–Crippen LogP) is 5.44. The quantitative estimate of drug-likeness (QED) is 0.421. The van der Waals surface area contributed by atoms with E-state index in [0.717, 1.165) is 24.7 Å². The van der Waals surface area contributed by atoms with Crippen molar-refractivity contribution >= 4 is 0 Å². The Hall–Kier alpha value is 0. The molecule has 0 saturated carbocycles. The smallest absolute Gasteiger partial charge is 0.0417 e. The van der Waals surface area contributed by atoms with E-state index in [0.29, 0.717) is 0 Å². The lowest BCUT2D eigenvalue weighted by Gasteiger charge is -2.19. The SMILES string of the molecule is [CH2]CCCCCCC(C)C(C)CCC[CH2]. The topological polar surface area (TPSA) is 0 Å². The van der Waals surface area contributed by atoms with Crippen molar-refractivity contribution in [2.24, 2.45) is 11.8 Å². The fourth-order valence-electron chi connectivity index (χ4n) is 2.03. The second-order valence-corrected chi connectivity index (χ2v) is 5.01. The van der Waals surface area contributed by atoms with Crippen molar-refractivity contribution in [2.45, 2.75) is 71.6 Å². The van der Waals surface area contributed by atoms with Gasteiger partial charge in [0.25, 0.3) is 0 Å². The molecule has 0 aliphatic rings. The van der Waals surface area contributed by atoms with E-state index in [1.807, 2.05) is 0 Å². The molecule has 0 aromatic rings. The molecule has 0 spiro atoms. The van der Waals surface area contributed by atoms with E-state index in [1.165, 1.54) is 44.9 Å². The van der Waals surface area contributed by atoms with Crippen LogP contribution in [0.5, 0.6) is 0 Å². The first-order valence-electron chi connectivity index (χ1n) is 6.80. The molecule has 2 atom stereocenters. The summed E-state index contributed by atoms with van der Waals surface area (Å²) in [6.07, 6.45) is 11.8. The van der Waals surface area contributed by atoms with Crippen LogP contribution < -0.4 is 0 Å². The average molecular weight is 210 g/mol. The summed E-state index contributed by atoms with van der Waals surface area (Å²) in [7, 11) is 0. The monoisotopic (exact) mass is 210 g/mol. The lowest BCUT2D eigenvalue weighted by atomic mass is 9.87. The van der Waals surface area contributed by atoms with E-state index in [2.05, 4.69) is 27.7 Å². The van der Waals surface area contributed by atoms with E-state index >= 15 is 0 Å². The van der Waals surface area contributed by atoms with Crippen LogP contribution in [-0.2, 0) is 0 Å². The van der Waals surface area contributed by atoms with Gasteiger partial charge in [0.1, 0.15) is 0 Å². The van der Waals surface area contributed by atoms with Crippen molar-refractivity contribution in [3.8, 4) is 0 Å². The Morgan fingerprint density at radius 1 is 0.667 bits per heavy atom. The number of hydrogen-bond acceptors (Lipinski definition) is 0. The summed E-state index contributed by atoms with van der Waals surface area (Å²) in [5.41, 5.74) is 0. The molecule has 2 radical (unpaired) electrons. The van der Waals surface area contributed by atoms with Crippen LogP contribution in [0.25, 0.3) is 0 Å². The maximum absolute atomic E-state index is 3.91. The fraction of sp³-hybridized carbons (Fsp3) is 0.867. The van der Waals surface area contributed by atoms with Crippen LogP contribution in [0, 0.1) is 25.7 Å². The summed E-state index contributed by atoms with van der Waals surface area (Å²) in [6, 6.07) is 0. The maximum atomic E-state index is 3.91. The summed E-state index contributed by atoms with van der Waals surface area (Å²) in [4.78, 5) is 0. The molecule has 0 aromatic carbocycles. The van der Waals surface area contributed by atoms with Gasteiger partial charge >= 0.3 is 0 Å². The predicted molar refractivity (Wildman–Crippen MR) is 70.6 cm³/mol. The second kappa shape index (κ2) is 10.5. The van der Waals surface area contributed by atoms with E-state index in [-0.39, 0.29) is 0 Å². The van der Waals surface area contributed by atoms with Gasteiger partial charge in [-0.1, -0.05) is 85.5 Å². The Labute approximate surface area is 97.8 Å². The van der Waals surface area contributed by atoms with Gasteiger partial charge in [-0.05, 0) is 11.8 Å². The Morgan fingerprint density at radius 2 is 1.13 bits per heavy atom. The molecule has 0 aliphatic heterocycles. The van der Waals surface area contributed by atoms with Crippen LogP contribution in [0.3, 0.4) is 0 Å². The zero-order valence-corrected chi connectivity index (χ0v) is 10.9. The zero-order valence-electron chi connectivity index (χ0n) is 10.9. The molecule has 0 rings (SSSR count). The first-order chi connectivity index (χ1) is 7.22. The molecule has 0 aromatic heterocycles. The van der Waals surface area contributed by atoms with Crippen molar-refractivity contribution in [2.75, 3.05) is 0 Å². The van der Waals surface area contributed by atoms with Crippen LogP contribution in [0.15, 0.2) is 0 Å². The van der Waals surface area contributed by atoms with E-state index in [4.69, 9.17) is 0 Å². The molecule has 0 heteroatoms. The van der Waals surface area contributed by atoms with Gasteiger partial charge in [0, 0.05) is 0 Å². The van der Waals surface area contributed by atoms with Crippen LogP contribution in [0.4, 0.5) is 0 Å². The van der Waals surface area contributed by atoms with Crippen LogP contribution >= 0.6 is 0 Å². The Balaban J connectivity index is 3.34. The molecule has 0 N–H and O–H groups in total. The van der Waals surface area contributed by atoms with Crippen molar-refractivity contribution in [3.63, 3.8) is 0 Å². The average Bonchev–Trinajstić information content (AvgIpc) is 2.25. The van der Waals surface area contributed by atoms with Crippen molar-refractivity contribution in [1.29, 1.82) is 0 Å². The molecule has 0 bridgehead atoms. The molecule has 90 valence electrons. The highest BCUT2D eigenvalue weighted by Gasteiger charge is 2.10. The summed E-state index contributed by atoms with van der Waals surface area (Å²) >= 11 is 0. The third kappa shape index (κ3) is 8.96. The van der Waals surface area contributed by atoms with Gasteiger partial charge in [-0.2, -0.15) is 0 Å². The zero-order chi connectivity index (χ0) is 11.5. The van der Waals surface area contributed by atoms with Crippen molar-refractivity contribution < 1.29 is 0 Å². The number of rotatable bonds is 10. The molecule has 0 nitrogen and oxygen atoms in total. The molecule has 15 heavy (non-hydrogen) atoms. The Bertz CT molecular complexity index is 117. The molecule has 0 aliphatic carbocycles. The summed E-state index contributed by atoms with van der Waals surface area (Å²) in [5.74, 6) is 1.79. The standard InChI is InChI=1S/C15H30/c1-5-7-9-10-11-13-15(4)14(3)12-8-6-2/h14-15H,1-2,5-13H2,3-4H3. The van der Waals surface area contributed by atoms with Crippen LogP contribution in [-0.4, -0.2) is 0 Å². The maximum Gasteiger partial charge on any atom is -0.0417 e. The number of hydrogen-bond donors (Lipinski definition) is 0. The third-order valence-corrected chi connectivity index (χ3v) is 3.54. The van der Waals surface area contributed by atoms with Gasteiger partial charge in [-0.3, -0.25) is 0 Å². The van der Waals surface area contributed by atoms with Crippen LogP contribution in [0.1, 0.15) is 71.6 Å². The minimum Gasteiger partial charge on any atom is -0.0623 e. The highest BCUT2D eigenvalue weighted by Crippen LogP contribution is 2.23. The first kappa shape index (κ1) is 15.0. The Morgan fingerprint density at radius 3 is 1.67 bits per heavy atom. The fourth-order valence-corrected chi connectivity index (χ4v) is 2.03. The van der Waals surface area contributed by atoms with Crippen molar-refractivity contribution in [1.82, 2.24) is 0 Å². The molecule has 0 fully saturated rings. The lowest BCUT2D eigenvalue weighted by Crippen LogP contribution is -2.07. The van der Waals surface area contributed by atoms with Gasteiger partial charge in [-0.15, -0.1) is 0 Å². The van der Waals surface area contributed by atoms with Gasteiger partial charge in [0.15, 0.2) is 0 Å². The molecule has 0 saturated heterocycles. The van der Waals surface area contributed by atoms with Crippen molar-refractivity contribution in [3.05, 3.63) is 13.8 Å². The van der Waals surface area contributed by atoms with Gasteiger partial charge in [-0.25, -0.2) is 0 Å². The van der Waals surface area contributed by atoms with E-state index in [1.54, 1.807) is 0 Å². The highest BCUT2D eigenvalue weighted by molar-refractivity contribution is 4.63. The van der Waals surface area contributed by atoms with Gasteiger partial charge in [0.05, 0.1) is 0 Å². The lowest BCUT2D eigenvalue weighted by molar-refractivity contribution is 0.327. The summed E-state index contributed by atoms with van der Waals surface area (Å²) in [6.45, 7) is 12.6. The van der Waals surface area contributed by atoms with E-state index in [9.17, 15) is 0 Å². The number of unbranched alkanes of at least 4 members (excludes halogenated alkanes) is 5. The second-order valence-electron chi connectivity index (χ2n) is 5.01. The highest BCUT2D eigenvalue weighted by atomic mass is 14.2. The minimum atomic E-state index is 0.889. The molecule has 0 heterocycles. The molecular weight excluding hydrogens is 180 g/mol. The van der Waals surface area contributed by atoms with E-state index < -0.39 is 0 Å². The molecule has 2 unspecified atom stereocenters. The summed E-state index contributed by atoms with van der Waals surface area (Å²) < 4.78 is 0. The van der Waals surface area contributed by atoms with Crippen LogP contribution in [0.2, 0.25) is 0 Å². The molecule has 0 amide bonds. The molecular formula is C15H30. The third-order valence-electron chi connectivity index (χ3n) is 3.54. The first-order valence-corrected chi connectivity index (χ1v) is 6.80.